The number of hydrogen-bond acceptors (Lipinski definition) is 2. The van der Waals surface area contributed by atoms with Gasteiger partial charge in [-0.05, 0) is 44.8 Å². The summed E-state index contributed by atoms with van der Waals surface area (Å²) >= 11 is 6.06. The van der Waals surface area contributed by atoms with Gasteiger partial charge in [0, 0.05) is 25.8 Å². The van der Waals surface area contributed by atoms with Crippen LogP contribution in [-0.4, -0.2) is 41.6 Å². The number of nitrogens with one attached hydrogen (secondary N) is 1. The maximum atomic E-state index is 12.7. The number of aromatic nitrogens is 1. The number of halogens is 1. The molecule has 1 aliphatic rings. The van der Waals surface area contributed by atoms with Crippen molar-refractivity contribution in [1.82, 2.24) is 14.8 Å². The van der Waals surface area contributed by atoms with Crippen LogP contribution in [0, 0.1) is 0 Å². The predicted octanol–water partition coefficient (Wildman–Crippen LogP) is 2.77. The Morgan fingerprint density at radius 1 is 1.50 bits per heavy atom. The van der Waals surface area contributed by atoms with Crippen molar-refractivity contribution in [2.75, 3.05) is 20.1 Å². The second kappa shape index (κ2) is 7.14. The van der Waals surface area contributed by atoms with Crippen molar-refractivity contribution in [1.29, 1.82) is 0 Å². The number of carbonyl (C=O) groups is 1. The molecule has 2 heterocycles. The molecule has 1 aromatic rings. The van der Waals surface area contributed by atoms with Gasteiger partial charge in [0.25, 0.3) is 5.91 Å². The van der Waals surface area contributed by atoms with Crippen LogP contribution in [0.4, 0.5) is 0 Å². The number of hydrogen-bond donors (Lipinski definition) is 1. The molecule has 0 spiro atoms. The summed E-state index contributed by atoms with van der Waals surface area (Å²) in [6, 6.07) is 2.10. The number of nitrogens with zero attached hydrogens (tertiary/aromatic N) is 2. The maximum Gasteiger partial charge on any atom is 0.270 e. The molecule has 1 aliphatic heterocycles. The van der Waals surface area contributed by atoms with Gasteiger partial charge in [0.15, 0.2) is 0 Å². The van der Waals surface area contributed by atoms with Crippen molar-refractivity contribution in [2.24, 2.45) is 0 Å². The lowest BCUT2D eigenvalue weighted by molar-refractivity contribution is 0.0709. The van der Waals surface area contributed by atoms with Crippen molar-refractivity contribution < 1.29 is 4.79 Å². The monoisotopic (exact) mass is 297 g/mol. The van der Waals surface area contributed by atoms with E-state index in [4.69, 9.17) is 11.6 Å². The molecule has 1 N–H and O–H groups in total. The lowest BCUT2D eigenvalue weighted by Gasteiger charge is -2.27. The van der Waals surface area contributed by atoms with Gasteiger partial charge < -0.3 is 14.8 Å². The fourth-order valence-corrected chi connectivity index (χ4v) is 3.04. The summed E-state index contributed by atoms with van der Waals surface area (Å²) in [6.07, 6.45) is 6.05. The average Bonchev–Trinajstić information content (AvgIpc) is 2.66. The van der Waals surface area contributed by atoms with E-state index in [9.17, 15) is 4.79 Å². The Hall–Kier alpha value is -1.00. The van der Waals surface area contributed by atoms with E-state index in [2.05, 4.69) is 12.2 Å². The van der Waals surface area contributed by atoms with Gasteiger partial charge in [-0.25, -0.2) is 0 Å². The summed E-state index contributed by atoms with van der Waals surface area (Å²) in [5.74, 6) is 0.0808. The fourth-order valence-electron chi connectivity index (χ4n) is 2.81. The second-order valence-electron chi connectivity index (χ2n) is 5.49. The third-order valence-corrected chi connectivity index (χ3v) is 4.17. The van der Waals surface area contributed by atoms with Crippen molar-refractivity contribution in [2.45, 2.75) is 45.2 Å². The quantitative estimate of drug-likeness (QED) is 0.928. The molecule has 2 rings (SSSR count). The molecule has 4 nitrogen and oxygen atoms in total. The van der Waals surface area contributed by atoms with Gasteiger partial charge in [-0.1, -0.05) is 18.5 Å². The van der Waals surface area contributed by atoms with Gasteiger partial charge in [-0.3, -0.25) is 4.79 Å². The standard InChI is InChI=1S/C15H24ClN3O/c1-3-9-19-11-12(16)10-14(19)15(20)18(2)13-5-4-7-17-8-6-13/h10-11,13,17H,3-9H2,1-2H3. The Balaban J connectivity index is 2.12. The fraction of sp³-hybridized carbons (Fsp3) is 0.667. The van der Waals surface area contributed by atoms with Crippen LogP contribution in [0.15, 0.2) is 12.3 Å². The lowest BCUT2D eigenvalue weighted by Crippen LogP contribution is -2.38. The van der Waals surface area contributed by atoms with E-state index in [0.717, 1.165) is 45.3 Å². The summed E-state index contributed by atoms with van der Waals surface area (Å²) < 4.78 is 1.97. The Bertz CT molecular complexity index is 450. The molecule has 112 valence electrons. The number of rotatable bonds is 4. The highest BCUT2D eigenvalue weighted by Crippen LogP contribution is 2.19. The SMILES string of the molecule is CCCn1cc(Cl)cc1C(=O)N(C)C1CCCNCC1. The van der Waals surface area contributed by atoms with Crippen molar-refractivity contribution in [3.63, 3.8) is 0 Å². The van der Waals surface area contributed by atoms with Gasteiger partial charge >= 0.3 is 0 Å². The van der Waals surface area contributed by atoms with Crippen LogP contribution in [0.1, 0.15) is 43.1 Å². The van der Waals surface area contributed by atoms with E-state index in [0.29, 0.717) is 16.8 Å². The van der Waals surface area contributed by atoms with Crippen molar-refractivity contribution >= 4 is 17.5 Å². The summed E-state index contributed by atoms with van der Waals surface area (Å²) in [6.45, 7) is 4.96. The molecule has 5 heteroatoms. The van der Waals surface area contributed by atoms with Crippen LogP contribution in [0.3, 0.4) is 0 Å². The second-order valence-corrected chi connectivity index (χ2v) is 5.92. The van der Waals surface area contributed by atoms with Crippen LogP contribution >= 0.6 is 11.6 Å². The van der Waals surface area contributed by atoms with E-state index in [1.807, 2.05) is 22.7 Å². The Kier molecular flexibility index (Phi) is 5.49. The molecule has 1 aromatic heterocycles. The van der Waals surface area contributed by atoms with E-state index in [-0.39, 0.29) is 5.91 Å². The first-order valence-corrected chi connectivity index (χ1v) is 7.84. The van der Waals surface area contributed by atoms with E-state index in [1.54, 1.807) is 6.07 Å². The van der Waals surface area contributed by atoms with Gasteiger partial charge in [-0.2, -0.15) is 0 Å². The zero-order chi connectivity index (χ0) is 14.5. The zero-order valence-corrected chi connectivity index (χ0v) is 13.1. The number of amides is 1. The molecule has 0 radical (unpaired) electrons. The minimum atomic E-state index is 0.0808. The van der Waals surface area contributed by atoms with E-state index >= 15 is 0 Å². The highest BCUT2D eigenvalue weighted by Gasteiger charge is 2.24. The number of aryl methyl sites for hydroxylation is 1. The average molecular weight is 298 g/mol. The van der Waals surface area contributed by atoms with Crippen molar-refractivity contribution in [3.8, 4) is 0 Å². The third kappa shape index (κ3) is 3.55. The van der Waals surface area contributed by atoms with Gasteiger partial charge in [0.1, 0.15) is 5.69 Å². The zero-order valence-electron chi connectivity index (χ0n) is 12.4. The van der Waals surface area contributed by atoms with Crippen LogP contribution in [0.2, 0.25) is 5.02 Å². The summed E-state index contributed by atoms with van der Waals surface area (Å²) in [5, 5.41) is 4.02. The largest absolute Gasteiger partial charge is 0.342 e. The molecule has 0 saturated carbocycles. The van der Waals surface area contributed by atoms with Gasteiger partial charge in [0.05, 0.1) is 5.02 Å². The molecule has 1 fully saturated rings. The Morgan fingerprint density at radius 3 is 3.05 bits per heavy atom. The van der Waals surface area contributed by atoms with Crippen LogP contribution in [-0.2, 0) is 6.54 Å². The predicted molar refractivity (Wildman–Crippen MR) is 82.3 cm³/mol. The van der Waals surface area contributed by atoms with Crippen molar-refractivity contribution in [3.05, 3.63) is 23.0 Å². The van der Waals surface area contributed by atoms with E-state index in [1.165, 1.54) is 0 Å². The minimum absolute atomic E-state index is 0.0808. The molecule has 1 atom stereocenters. The van der Waals surface area contributed by atoms with E-state index < -0.39 is 0 Å². The van der Waals surface area contributed by atoms with Crippen LogP contribution in [0.5, 0.6) is 0 Å². The van der Waals surface area contributed by atoms with Crippen LogP contribution < -0.4 is 5.32 Å². The first-order valence-electron chi connectivity index (χ1n) is 7.47. The first-order chi connectivity index (χ1) is 9.63. The Morgan fingerprint density at radius 2 is 2.30 bits per heavy atom. The van der Waals surface area contributed by atoms with Gasteiger partial charge in [-0.15, -0.1) is 0 Å². The summed E-state index contributed by atoms with van der Waals surface area (Å²) in [5.41, 5.74) is 0.705. The first kappa shape index (κ1) is 15.4. The molecule has 20 heavy (non-hydrogen) atoms. The third-order valence-electron chi connectivity index (χ3n) is 3.96. The van der Waals surface area contributed by atoms with Gasteiger partial charge in [0.2, 0.25) is 0 Å². The highest BCUT2D eigenvalue weighted by atomic mass is 35.5. The summed E-state index contributed by atoms with van der Waals surface area (Å²) in [4.78, 5) is 14.6. The normalized spacial score (nSPS) is 19.6. The molecule has 0 bridgehead atoms. The smallest absolute Gasteiger partial charge is 0.270 e. The molecule has 1 amide bonds. The lowest BCUT2D eigenvalue weighted by atomic mass is 10.1. The molecule has 0 aliphatic carbocycles. The highest BCUT2D eigenvalue weighted by molar-refractivity contribution is 6.31. The Labute approximate surface area is 126 Å². The molecule has 1 unspecified atom stereocenters. The minimum Gasteiger partial charge on any atom is -0.342 e. The topological polar surface area (TPSA) is 37.3 Å². The molecular formula is C15H24ClN3O. The maximum absolute atomic E-state index is 12.7. The van der Waals surface area contributed by atoms with Crippen LogP contribution in [0.25, 0.3) is 0 Å². The molecule has 0 aromatic carbocycles. The summed E-state index contributed by atoms with van der Waals surface area (Å²) in [7, 11) is 1.91. The number of carbonyl (C=O) groups excluding carboxylic acids is 1. The molecule has 1 saturated heterocycles. The molecular weight excluding hydrogens is 274 g/mol.